The van der Waals surface area contributed by atoms with Crippen LogP contribution in [0, 0.1) is 0 Å². The fourth-order valence-corrected chi connectivity index (χ4v) is 3.61. The van der Waals surface area contributed by atoms with Gasteiger partial charge in [0.15, 0.2) is 5.13 Å². The molecule has 2 aromatic heterocycles. The zero-order valence-corrected chi connectivity index (χ0v) is 14.9. The number of carbonyl (C=O) groups is 1. The van der Waals surface area contributed by atoms with Gasteiger partial charge in [-0.05, 0) is 6.92 Å². The van der Waals surface area contributed by atoms with Gasteiger partial charge in [-0.3, -0.25) is 9.69 Å². The molecule has 2 aromatic rings. The number of aromatic nitrogens is 3. The van der Waals surface area contributed by atoms with Crippen molar-refractivity contribution >= 4 is 22.4 Å². The van der Waals surface area contributed by atoms with E-state index in [9.17, 15) is 4.79 Å². The van der Waals surface area contributed by atoms with Gasteiger partial charge in [-0.15, -0.1) is 11.3 Å². The number of nitrogens with zero attached hydrogens (tertiary/aromatic N) is 4. The maximum atomic E-state index is 12.4. The van der Waals surface area contributed by atoms with Crippen molar-refractivity contribution in [2.75, 3.05) is 11.9 Å². The fourth-order valence-electron chi connectivity index (χ4n) is 3.08. The minimum Gasteiger partial charge on any atom is -0.335 e. The number of fused-ring (bicyclic) bond motifs is 1. The third-order valence-electron chi connectivity index (χ3n) is 4.43. The number of thiazole rings is 1. The van der Waals surface area contributed by atoms with Crippen molar-refractivity contribution in [1.82, 2.24) is 19.4 Å². The first kappa shape index (κ1) is 16.1. The van der Waals surface area contributed by atoms with E-state index in [-0.39, 0.29) is 11.9 Å². The van der Waals surface area contributed by atoms with E-state index in [2.05, 4.69) is 40.7 Å². The van der Waals surface area contributed by atoms with Gasteiger partial charge in [-0.1, -0.05) is 13.8 Å². The van der Waals surface area contributed by atoms with Crippen LogP contribution in [0.1, 0.15) is 43.9 Å². The van der Waals surface area contributed by atoms with Gasteiger partial charge in [0.05, 0.1) is 11.7 Å². The van der Waals surface area contributed by atoms with Crippen LogP contribution in [0.2, 0.25) is 0 Å². The van der Waals surface area contributed by atoms with Gasteiger partial charge < -0.3 is 9.88 Å². The number of amides is 1. The number of nitrogens with one attached hydrogen (secondary N) is 1. The molecule has 0 unspecified atom stereocenters. The molecule has 3 rings (SSSR count). The first-order valence-corrected chi connectivity index (χ1v) is 8.84. The smallest absolute Gasteiger partial charge is 0.243 e. The molecule has 0 radical (unpaired) electrons. The number of anilines is 1. The average Bonchev–Trinajstić information content (AvgIpc) is 3.14. The number of rotatable bonds is 4. The highest BCUT2D eigenvalue weighted by molar-refractivity contribution is 7.13. The molecule has 23 heavy (non-hydrogen) atoms. The Balaban J connectivity index is 1.71. The number of hydrogen-bond donors (Lipinski definition) is 1. The van der Waals surface area contributed by atoms with Crippen LogP contribution in [-0.2, 0) is 24.8 Å². The topological polar surface area (TPSA) is 63.1 Å². The van der Waals surface area contributed by atoms with E-state index >= 15 is 0 Å². The molecule has 0 spiro atoms. The first-order valence-electron chi connectivity index (χ1n) is 7.96. The maximum absolute atomic E-state index is 12.4. The molecule has 1 N–H and O–H groups in total. The highest BCUT2D eigenvalue weighted by Crippen LogP contribution is 2.24. The lowest BCUT2D eigenvalue weighted by Gasteiger charge is -2.31. The first-order chi connectivity index (χ1) is 11.0. The Labute approximate surface area is 140 Å². The van der Waals surface area contributed by atoms with Crippen molar-refractivity contribution in [3.63, 3.8) is 0 Å². The van der Waals surface area contributed by atoms with Gasteiger partial charge in [0, 0.05) is 49.7 Å². The Kier molecular flexibility index (Phi) is 4.50. The van der Waals surface area contributed by atoms with Gasteiger partial charge >= 0.3 is 0 Å². The third kappa shape index (κ3) is 3.16. The van der Waals surface area contributed by atoms with E-state index in [0.29, 0.717) is 11.0 Å². The van der Waals surface area contributed by atoms with E-state index in [0.717, 1.165) is 31.0 Å². The summed E-state index contributed by atoms with van der Waals surface area (Å²) in [5.74, 6) is 1.52. The Morgan fingerprint density at radius 2 is 2.17 bits per heavy atom. The van der Waals surface area contributed by atoms with Crippen LogP contribution in [0.3, 0.4) is 0 Å². The summed E-state index contributed by atoms with van der Waals surface area (Å²) in [6.07, 6.45) is 2.62. The second-order valence-electron chi connectivity index (χ2n) is 6.30. The molecule has 0 saturated carbocycles. The van der Waals surface area contributed by atoms with E-state index in [4.69, 9.17) is 4.98 Å². The van der Waals surface area contributed by atoms with Crippen LogP contribution in [0.25, 0.3) is 0 Å². The normalized spacial score (nSPS) is 16.4. The number of hydrogen-bond acceptors (Lipinski definition) is 5. The zero-order chi connectivity index (χ0) is 16.6. The van der Waals surface area contributed by atoms with Crippen molar-refractivity contribution in [1.29, 1.82) is 0 Å². The summed E-state index contributed by atoms with van der Waals surface area (Å²) >= 11 is 1.44. The molecule has 0 bridgehead atoms. The van der Waals surface area contributed by atoms with Crippen molar-refractivity contribution in [3.8, 4) is 0 Å². The minimum absolute atomic E-state index is 0.0107. The van der Waals surface area contributed by atoms with Crippen LogP contribution < -0.4 is 5.32 Å². The molecule has 1 aliphatic heterocycles. The molecule has 0 saturated heterocycles. The highest BCUT2D eigenvalue weighted by Gasteiger charge is 2.29. The Hall–Kier alpha value is -1.73. The number of carbonyl (C=O) groups excluding carboxylic acids is 1. The molecule has 6 nitrogen and oxygen atoms in total. The molecule has 3 heterocycles. The second kappa shape index (κ2) is 6.41. The largest absolute Gasteiger partial charge is 0.335 e. The fraction of sp³-hybridized carbons (Fsp3) is 0.562. The summed E-state index contributed by atoms with van der Waals surface area (Å²) in [6, 6.07) is -0.198. The predicted octanol–water partition coefficient (Wildman–Crippen LogP) is 2.39. The summed E-state index contributed by atoms with van der Waals surface area (Å²) < 4.78 is 2.22. The minimum atomic E-state index is -0.198. The Morgan fingerprint density at radius 1 is 1.39 bits per heavy atom. The molecule has 0 aromatic carbocycles. The lowest BCUT2D eigenvalue weighted by atomic mass is 10.1. The van der Waals surface area contributed by atoms with Crippen LogP contribution in [-0.4, -0.2) is 37.9 Å². The molecule has 1 amide bonds. The molecule has 0 fully saturated rings. The van der Waals surface area contributed by atoms with Crippen LogP contribution in [0.15, 0.2) is 11.6 Å². The van der Waals surface area contributed by atoms with Gasteiger partial charge in [0.25, 0.3) is 0 Å². The summed E-state index contributed by atoms with van der Waals surface area (Å²) in [5.41, 5.74) is 2.41. The van der Waals surface area contributed by atoms with Crippen molar-refractivity contribution in [2.45, 2.75) is 45.7 Å². The van der Waals surface area contributed by atoms with Gasteiger partial charge in [-0.25, -0.2) is 9.97 Å². The molecular weight excluding hydrogens is 310 g/mol. The van der Waals surface area contributed by atoms with E-state index in [1.54, 1.807) is 6.20 Å². The second-order valence-corrected chi connectivity index (χ2v) is 7.19. The van der Waals surface area contributed by atoms with Crippen molar-refractivity contribution in [3.05, 3.63) is 28.8 Å². The maximum Gasteiger partial charge on any atom is 0.243 e. The third-order valence-corrected chi connectivity index (χ3v) is 5.11. The van der Waals surface area contributed by atoms with Crippen molar-refractivity contribution < 1.29 is 4.79 Å². The van der Waals surface area contributed by atoms with E-state index in [1.165, 1.54) is 17.0 Å². The van der Waals surface area contributed by atoms with E-state index < -0.39 is 0 Å². The van der Waals surface area contributed by atoms with E-state index in [1.807, 2.05) is 12.3 Å². The van der Waals surface area contributed by atoms with Crippen LogP contribution in [0.4, 0.5) is 5.13 Å². The molecule has 1 aliphatic rings. The highest BCUT2D eigenvalue weighted by atomic mass is 32.1. The molecular formula is C16H23N5OS. The Bertz CT molecular complexity index is 692. The molecule has 7 heteroatoms. The summed E-state index contributed by atoms with van der Waals surface area (Å²) in [7, 11) is 2.09. The quantitative estimate of drug-likeness (QED) is 0.933. The van der Waals surface area contributed by atoms with Gasteiger partial charge in [0.1, 0.15) is 5.82 Å². The SMILES string of the molecule is CC(C)c1nc2c(n1C)CCN([C@H](C)C(=O)Nc1nccs1)C2. The molecule has 0 aliphatic carbocycles. The lowest BCUT2D eigenvalue weighted by Crippen LogP contribution is -2.44. The number of imidazole rings is 1. The van der Waals surface area contributed by atoms with Crippen molar-refractivity contribution in [2.24, 2.45) is 7.05 Å². The summed E-state index contributed by atoms with van der Waals surface area (Å²) in [4.78, 5) is 23.5. The standard InChI is InChI=1S/C16H23N5OS/c1-10(2)14-18-12-9-21(7-5-13(12)20(14)4)11(3)15(22)19-16-17-6-8-23-16/h6,8,10-11H,5,7,9H2,1-4H3,(H,17,19,22)/t11-/m1/s1. The summed E-state index contributed by atoms with van der Waals surface area (Å²) in [5, 5.41) is 5.39. The zero-order valence-electron chi connectivity index (χ0n) is 14.0. The van der Waals surface area contributed by atoms with Crippen LogP contribution >= 0.6 is 11.3 Å². The monoisotopic (exact) mass is 333 g/mol. The summed E-state index contributed by atoms with van der Waals surface area (Å²) in [6.45, 7) is 7.87. The molecule has 1 atom stereocenters. The Morgan fingerprint density at radius 3 is 2.83 bits per heavy atom. The lowest BCUT2D eigenvalue weighted by molar-refractivity contribution is -0.121. The van der Waals surface area contributed by atoms with Crippen LogP contribution in [0.5, 0.6) is 0 Å². The average molecular weight is 333 g/mol. The van der Waals surface area contributed by atoms with Gasteiger partial charge in [0.2, 0.25) is 5.91 Å². The predicted molar refractivity (Wildman–Crippen MR) is 91.6 cm³/mol. The van der Waals surface area contributed by atoms with Gasteiger partial charge in [-0.2, -0.15) is 0 Å². The molecule has 124 valence electrons.